The highest BCUT2D eigenvalue weighted by Gasteiger charge is 2.21. The molecule has 1 aliphatic heterocycles. The minimum atomic E-state index is 0. The fourth-order valence-corrected chi connectivity index (χ4v) is 2.93. The number of phenolic OH excluding ortho intramolecular Hbond substituents is 1. The number of carbonyl (C=O) groups excluding carboxylic acids is 1. The molecule has 8 heteroatoms. The van der Waals surface area contributed by atoms with Gasteiger partial charge in [-0.3, -0.25) is 9.79 Å². The number of carbonyl (C=O) groups is 1. The SMILES string of the molecule is CCCNC(=O)CCN=C(NCC)N1CCN(c2ccccc2O)CC1.I. The van der Waals surface area contributed by atoms with E-state index in [1.807, 2.05) is 32.0 Å². The number of para-hydroxylation sites is 2. The molecule has 7 nitrogen and oxygen atoms in total. The van der Waals surface area contributed by atoms with Gasteiger partial charge < -0.3 is 25.5 Å². The summed E-state index contributed by atoms with van der Waals surface area (Å²) in [7, 11) is 0. The zero-order valence-electron chi connectivity index (χ0n) is 16.3. The van der Waals surface area contributed by atoms with Crippen molar-refractivity contribution in [2.45, 2.75) is 26.7 Å². The lowest BCUT2D eigenvalue weighted by Crippen LogP contribution is -2.52. The molecule has 27 heavy (non-hydrogen) atoms. The fourth-order valence-electron chi connectivity index (χ4n) is 2.93. The smallest absolute Gasteiger partial charge is 0.221 e. The predicted octanol–water partition coefficient (Wildman–Crippen LogP) is 2.01. The van der Waals surface area contributed by atoms with E-state index in [2.05, 4.69) is 25.4 Å². The van der Waals surface area contributed by atoms with Crippen molar-refractivity contribution in [3.8, 4) is 5.75 Å². The number of aromatic hydroxyl groups is 1. The quantitative estimate of drug-likeness (QED) is 0.310. The average Bonchev–Trinajstić information content (AvgIpc) is 2.66. The highest BCUT2D eigenvalue weighted by Crippen LogP contribution is 2.27. The number of anilines is 1. The van der Waals surface area contributed by atoms with Crippen LogP contribution in [0.2, 0.25) is 0 Å². The van der Waals surface area contributed by atoms with Crippen molar-refractivity contribution in [3.63, 3.8) is 0 Å². The summed E-state index contributed by atoms with van der Waals surface area (Å²) in [5.41, 5.74) is 0.877. The molecule has 1 saturated heterocycles. The topological polar surface area (TPSA) is 80.2 Å². The van der Waals surface area contributed by atoms with E-state index >= 15 is 0 Å². The van der Waals surface area contributed by atoms with E-state index < -0.39 is 0 Å². The Bertz CT molecular complexity index is 604. The van der Waals surface area contributed by atoms with Gasteiger partial charge in [0.2, 0.25) is 5.91 Å². The summed E-state index contributed by atoms with van der Waals surface area (Å²) in [6.45, 7) is 9.36. The summed E-state index contributed by atoms with van der Waals surface area (Å²) in [4.78, 5) is 20.7. The van der Waals surface area contributed by atoms with Crippen LogP contribution in [0.3, 0.4) is 0 Å². The van der Waals surface area contributed by atoms with Crippen molar-refractivity contribution in [1.82, 2.24) is 15.5 Å². The molecule has 1 fully saturated rings. The minimum absolute atomic E-state index is 0. The molecular formula is C19H32IN5O2. The lowest BCUT2D eigenvalue weighted by atomic mass is 10.2. The minimum Gasteiger partial charge on any atom is -0.506 e. The number of rotatable bonds is 7. The summed E-state index contributed by atoms with van der Waals surface area (Å²) in [5.74, 6) is 1.23. The maximum absolute atomic E-state index is 11.7. The van der Waals surface area contributed by atoms with Crippen molar-refractivity contribution < 1.29 is 9.90 Å². The standard InChI is InChI=1S/C19H31N5O2.HI/c1-3-10-21-18(26)9-11-22-19(20-4-2)24-14-12-23(13-15-24)16-7-5-6-8-17(16)25;/h5-8,25H,3-4,9-15H2,1-2H3,(H,20,22)(H,21,26);1H. The average molecular weight is 489 g/mol. The highest BCUT2D eigenvalue weighted by molar-refractivity contribution is 14.0. The fraction of sp³-hybridized carbons (Fsp3) is 0.579. The van der Waals surface area contributed by atoms with Crippen LogP contribution < -0.4 is 15.5 Å². The van der Waals surface area contributed by atoms with Gasteiger partial charge in [-0.25, -0.2) is 0 Å². The lowest BCUT2D eigenvalue weighted by Gasteiger charge is -2.37. The van der Waals surface area contributed by atoms with Gasteiger partial charge in [-0.2, -0.15) is 0 Å². The monoisotopic (exact) mass is 489 g/mol. The van der Waals surface area contributed by atoms with Crippen LogP contribution in [0.5, 0.6) is 5.75 Å². The Balaban J connectivity index is 0.00000364. The van der Waals surface area contributed by atoms with Gasteiger partial charge in [0.1, 0.15) is 5.75 Å². The number of amides is 1. The molecule has 3 N–H and O–H groups in total. The second-order valence-corrected chi connectivity index (χ2v) is 6.30. The van der Waals surface area contributed by atoms with Gasteiger partial charge in [-0.05, 0) is 25.5 Å². The van der Waals surface area contributed by atoms with E-state index in [0.29, 0.717) is 18.7 Å². The lowest BCUT2D eigenvalue weighted by molar-refractivity contribution is -0.120. The molecule has 0 aliphatic carbocycles. The van der Waals surface area contributed by atoms with E-state index in [1.165, 1.54) is 0 Å². The van der Waals surface area contributed by atoms with Gasteiger partial charge in [0.05, 0.1) is 12.2 Å². The van der Waals surface area contributed by atoms with Gasteiger partial charge in [-0.15, -0.1) is 24.0 Å². The Kier molecular flexibility index (Phi) is 10.9. The molecule has 0 radical (unpaired) electrons. The van der Waals surface area contributed by atoms with E-state index in [1.54, 1.807) is 6.07 Å². The Morgan fingerprint density at radius 1 is 1.15 bits per heavy atom. The highest BCUT2D eigenvalue weighted by atomic mass is 127. The number of phenols is 1. The van der Waals surface area contributed by atoms with Gasteiger partial charge >= 0.3 is 0 Å². The third kappa shape index (κ3) is 7.43. The zero-order chi connectivity index (χ0) is 18.8. The number of benzene rings is 1. The number of aliphatic imine (C=N–C) groups is 1. The molecule has 0 unspecified atom stereocenters. The largest absolute Gasteiger partial charge is 0.506 e. The van der Waals surface area contributed by atoms with Crippen LogP contribution in [0.1, 0.15) is 26.7 Å². The molecular weight excluding hydrogens is 457 g/mol. The molecule has 1 aromatic carbocycles. The first-order chi connectivity index (χ1) is 12.7. The molecule has 0 aromatic heterocycles. The normalized spacial score (nSPS) is 14.5. The summed E-state index contributed by atoms with van der Waals surface area (Å²) < 4.78 is 0. The molecule has 0 spiro atoms. The molecule has 1 aliphatic rings. The van der Waals surface area contributed by atoms with E-state index in [4.69, 9.17) is 0 Å². The maximum atomic E-state index is 11.7. The van der Waals surface area contributed by atoms with Gasteiger partial charge in [0.15, 0.2) is 5.96 Å². The Hall–Kier alpha value is -1.71. The number of nitrogens with one attached hydrogen (secondary N) is 2. The second-order valence-electron chi connectivity index (χ2n) is 6.30. The third-order valence-corrected chi connectivity index (χ3v) is 4.31. The van der Waals surface area contributed by atoms with Crippen molar-refractivity contribution in [3.05, 3.63) is 24.3 Å². The zero-order valence-corrected chi connectivity index (χ0v) is 18.6. The Labute approximate surface area is 179 Å². The number of halogens is 1. The summed E-state index contributed by atoms with van der Waals surface area (Å²) in [5, 5.41) is 16.2. The van der Waals surface area contributed by atoms with Crippen LogP contribution in [-0.4, -0.2) is 67.7 Å². The van der Waals surface area contributed by atoms with Crippen LogP contribution >= 0.6 is 24.0 Å². The number of nitrogens with zero attached hydrogens (tertiary/aromatic N) is 3. The first kappa shape index (κ1) is 23.3. The number of guanidine groups is 1. The molecule has 2 rings (SSSR count). The summed E-state index contributed by atoms with van der Waals surface area (Å²) >= 11 is 0. The van der Waals surface area contributed by atoms with E-state index in [9.17, 15) is 9.90 Å². The second kappa shape index (κ2) is 12.6. The Morgan fingerprint density at radius 3 is 2.48 bits per heavy atom. The molecule has 0 bridgehead atoms. The molecule has 0 saturated carbocycles. The van der Waals surface area contributed by atoms with Crippen molar-refractivity contribution in [2.24, 2.45) is 4.99 Å². The molecule has 1 aromatic rings. The first-order valence-corrected chi connectivity index (χ1v) is 9.48. The van der Waals surface area contributed by atoms with Gasteiger partial charge in [-0.1, -0.05) is 19.1 Å². The van der Waals surface area contributed by atoms with Crippen LogP contribution in [0.15, 0.2) is 29.3 Å². The summed E-state index contributed by atoms with van der Waals surface area (Å²) in [6, 6.07) is 7.44. The number of hydrogen-bond donors (Lipinski definition) is 3. The first-order valence-electron chi connectivity index (χ1n) is 9.48. The molecule has 1 heterocycles. The molecule has 152 valence electrons. The maximum Gasteiger partial charge on any atom is 0.221 e. The van der Waals surface area contributed by atoms with Crippen LogP contribution in [0.25, 0.3) is 0 Å². The molecule has 1 amide bonds. The van der Waals surface area contributed by atoms with Crippen LogP contribution in [-0.2, 0) is 4.79 Å². The van der Waals surface area contributed by atoms with Crippen LogP contribution in [0.4, 0.5) is 5.69 Å². The van der Waals surface area contributed by atoms with Gasteiger partial charge in [0, 0.05) is 45.7 Å². The van der Waals surface area contributed by atoms with Crippen molar-refractivity contribution >= 4 is 41.5 Å². The Morgan fingerprint density at radius 2 is 1.85 bits per heavy atom. The van der Waals surface area contributed by atoms with Crippen molar-refractivity contribution in [1.29, 1.82) is 0 Å². The van der Waals surface area contributed by atoms with Crippen molar-refractivity contribution in [2.75, 3.05) is 50.7 Å². The van der Waals surface area contributed by atoms with E-state index in [0.717, 1.165) is 57.3 Å². The number of piperazine rings is 1. The predicted molar refractivity (Wildman–Crippen MR) is 121 cm³/mol. The van der Waals surface area contributed by atoms with E-state index in [-0.39, 0.29) is 29.9 Å². The number of hydrogen-bond acceptors (Lipinski definition) is 4. The third-order valence-electron chi connectivity index (χ3n) is 4.31. The van der Waals surface area contributed by atoms with Gasteiger partial charge in [0.25, 0.3) is 0 Å². The summed E-state index contributed by atoms with van der Waals surface area (Å²) in [6.07, 6.45) is 1.35. The molecule has 0 atom stereocenters. The van der Waals surface area contributed by atoms with Crippen LogP contribution in [0, 0.1) is 0 Å².